The molecular weight excluding hydrogens is 500 g/mol. The van der Waals surface area contributed by atoms with Crippen molar-refractivity contribution in [3.8, 4) is 0 Å². The van der Waals surface area contributed by atoms with Gasteiger partial charge >= 0.3 is 5.97 Å². The molecule has 0 bridgehead atoms. The number of nitrogens with zero attached hydrogens (tertiary/aromatic N) is 5. The molecule has 4 rings (SSSR count). The van der Waals surface area contributed by atoms with E-state index in [1.807, 2.05) is 44.0 Å². The summed E-state index contributed by atoms with van der Waals surface area (Å²) in [5, 5.41) is 7.52. The molecule has 38 heavy (non-hydrogen) atoms. The summed E-state index contributed by atoms with van der Waals surface area (Å²) in [6.07, 6.45) is 1.58. The fourth-order valence-electron chi connectivity index (χ4n) is 4.87. The highest BCUT2D eigenvalue weighted by atomic mass is 32.1. The number of hydrogen-bond acceptors (Lipinski definition) is 9. The number of aromatic nitrogens is 3. The number of piperazine rings is 1. The van der Waals surface area contributed by atoms with Gasteiger partial charge in [-0.1, -0.05) is 13.8 Å². The van der Waals surface area contributed by atoms with E-state index in [2.05, 4.69) is 45.5 Å². The Morgan fingerprint density at radius 1 is 1.21 bits per heavy atom. The van der Waals surface area contributed by atoms with Crippen LogP contribution in [0.4, 0.5) is 11.6 Å². The van der Waals surface area contributed by atoms with Gasteiger partial charge < -0.3 is 19.9 Å². The number of hydrogen-bond donors (Lipinski definition) is 1. The second-order valence-corrected chi connectivity index (χ2v) is 11.3. The van der Waals surface area contributed by atoms with Gasteiger partial charge in [0.2, 0.25) is 0 Å². The van der Waals surface area contributed by atoms with Gasteiger partial charge in [0.15, 0.2) is 0 Å². The Balaban J connectivity index is 1.52. The third-order valence-corrected chi connectivity index (χ3v) is 7.58. The molecule has 0 radical (unpaired) electrons. The van der Waals surface area contributed by atoms with Crippen molar-refractivity contribution < 1.29 is 14.3 Å². The van der Waals surface area contributed by atoms with Crippen LogP contribution in [-0.2, 0) is 11.3 Å². The number of rotatable bonds is 7. The van der Waals surface area contributed by atoms with Crippen LogP contribution in [0, 0.1) is 13.8 Å². The summed E-state index contributed by atoms with van der Waals surface area (Å²) in [6.45, 7) is 14.3. The lowest BCUT2D eigenvalue weighted by molar-refractivity contribution is 0.0505. The molecule has 0 unspecified atom stereocenters. The van der Waals surface area contributed by atoms with Gasteiger partial charge in [0, 0.05) is 26.2 Å². The summed E-state index contributed by atoms with van der Waals surface area (Å²) in [5.41, 5.74) is 3.79. The number of anilines is 2. The summed E-state index contributed by atoms with van der Waals surface area (Å²) >= 11 is 1.66. The highest BCUT2D eigenvalue weighted by Crippen LogP contribution is 2.29. The Bertz CT molecular complexity index is 1300. The third kappa shape index (κ3) is 5.65. The molecule has 3 aromatic rings. The predicted molar refractivity (Wildman–Crippen MR) is 150 cm³/mol. The first-order chi connectivity index (χ1) is 18.0. The molecule has 0 spiro atoms. The number of carbonyl (C=O) groups excluding carboxylic acids is 2. The van der Waals surface area contributed by atoms with E-state index in [0.29, 0.717) is 48.9 Å². The fraction of sp³-hybridized carbons (Fsp3) is 0.464. The summed E-state index contributed by atoms with van der Waals surface area (Å²) in [5.74, 6) is 1.09. The number of thiophene rings is 1. The van der Waals surface area contributed by atoms with Crippen LogP contribution in [-0.4, -0.2) is 64.0 Å². The SMILES string of the molecule is COC(=O)c1c(C)cc(N2CCN(C(=O)c3cnc(NCc4ccsc4)c(C(C)C)n3)C(C)(C)C2)nc1C. The van der Waals surface area contributed by atoms with Crippen molar-refractivity contribution in [3.05, 3.63) is 62.9 Å². The van der Waals surface area contributed by atoms with Crippen LogP contribution >= 0.6 is 11.3 Å². The first-order valence-electron chi connectivity index (χ1n) is 12.8. The maximum atomic E-state index is 13.7. The second kappa shape index (κ2) is 11.1. The quantitative estimate of drug-likeness (QED) is 0.429. The maximum Gasteiger partial charge on any atom is 0.339 e. The average Bonchev–Trinajstić information content (AvgIpc) is 3.39. The summed E-state index contributed by atoms with van der Waals surface area (Å²) in [7, 11) is 1.37. The molecule has 1 saturated heterocycles. The van der Waals surface area contributed by atoms with Crippen LogP contribution in [0.15, 0.2) is 29.1 Å². The Morgan fingerprint density at radius 3 is 2.58 bits per heavy atom. The van der Waals surface area contributed by atoms with E-state index < -0.39 is 5.54 Å². The normalized spacial score (nSPS) is 15.1. The molecule has 1 aliphatic heterocycles. The number of pyridine rings is 1. The number of carbonyl (C=O) groups is 2. The van der Waals surface area contributed by atoms with Crippen LogP contribution in [0.2, 0.25) is 0 Å². The lowest BCUT2D eigenvalue weighted by Crippen LogP contribution is -2.61. The fourth-order valence-corrected chi connectivity index (χ4v) is 5.54. The van der Waals surface area contributed by atoms with Crippen molar-refractivity contribution in [3.63, 3.8) is 0 Å². The maximum absolute atomic E-state index is 13.7. The molecule has 1 N–H and O–H groups in total. The minimum atomic E-state index is -0.477. The Hall–Kier alpha value is -3.53. The van der Waals surface area contributed by atoms with Gasteiger partial charge in [0.25, 0.3) is 5.91 Å². The Morgan fingerprint density at radius 2 is 1.97 bits per heavy atom. The summed E-state index contributed by atoms with van der Waals surface area (Å²) < 4.78 is 4.91. The summed E-state index contributed by atoms with van der Waals surface area (Å²) in [6, 6.07) is 3.99. The van der Waals surface area contributed by atoms with Gasteiger partial charge in [0.05, 0.1) is 35.8 Å². The molecular formula is C28H36N6O3S. The zero-order valence-electron chi connectivity index (χ0n) is 23.2. The molecule has 0 aromatic carbocycles. The zero-order chi connectivity index (χ0) is 27.6. The number of amides is 1. The van der Waals surface area contributed by atoms with Gasteiger partial charge in [-0.2, -0.15) is 11.3 Å². The molecule has 0 saturated carbocycles. The topological polar surface area (TPSA) is 101 Å². The van der Waals surface area contributed by atoms with E-state index >= 15 is 0 Å². The molecule has 0 aliphatic carbocycles. The van der Waals surface area contributed by atoms with Crippen molar-refractivity contribution in [1.82, 2.24) is 19.9 Å². The minimum Gasteiger partial charge on any atom is -0.465 e. The Kier molecular flexibility index (Phi) is 8.01. The monoisotopic (exact) mass is 536 g/mol. The van der Waals surface area contributed by atoms with Crippen LogP contribution < -0.4 is 10.2 Å². The minimum absolute atomic E-state index is 0.107. The number of nitrogens with one attached hydrogen (secondary N) is 1. The first-order valence-corrected chi connectivity index (χ1v) is 13.7. The van der Waals surface area contributed by atoms with E-state index in [-0.39, 0.29) is 17.8 Å². The molecule has 9 nitrogen and oxygen atoms in total. The van der Waals surface area contributed by atoms with Crippen molar-refractivity contribution in [2.75, 3.05) is 37.0 Å². The molecule has 4 heterocycles. The first kappa shape index (κ1) is 27.5. The zero-order valence-corrected chi connectivity index (χ0v) is 24.0. The van der Waals surface area contributed by atoms with Gasteiger partial charge in [-0.05, 0) is 67.6 Å². The van der Waals surface area contributed by atoms with Gasteiger partial charge in [0.1, 0.15) is 17.3 Å². The van der Waals surface area contributed by atoms with Gasteiger partial charge in [-0.3, -0.25) is 4.79 Å². The van der Waals surface area contributed by atoms with Crippen molar-refractivity contribution in [2.24, 2.45) is 0 Å². The predicted octanol–water partition coefficient (Wildman–Crippen LogP) is 4.81. The molecule has 202 valence electrons. The van der Waals surface area contributed by atoms with E-state index in [4.69, 9.17) is 9.72 Å². The second-order valence-electron chi connectivity index (χ2n) is 10.6. The average molecular weight is 537 g/mol. The molecule has 1 fully saturated rings. The van der Waals surface area contributed by atoms with Crippen LogP contribution in [0.5, 0.6) is 0 Å². The number of esters is 1. The summed E-state index contributed by atoms with van der Waals surface area (Å²) in [4.78, 5) is 43.9. The van der Waals surface area contributed by atoms with E-state index in [1.165, 1.54) is 12.7 Å². The molecule has 3 aromatic heterocycles. The molecule has 0 atom stereocenters. The number of aryl methyl sites for hydroxylation is 2. The molecule has 10 heteroatoms. The van der Waals surface area contributed by atoms with E-state index in [1.54, 1.807) is 17.5 Å². The van der Waals surface area contributed by atoms with Crippen LogP contribution in [0.25, 0.3) is 0 Å². The number of methoxy groups -OCH3 is 1. The highest BCUT2D eigenvalue weighted by molar-refractivity contribution is 7.07. The van der Waals surface area contributed by atoms with Crippen molar-refractivity contribution in [1.29, 1.82) is 0 Å². The molecule has 1 amide bonds. The number of ether oxygens (including phenoxy) is 1. The lowest BCUT2D eigenvalue weighted by atomic mass is 9.97. The Labute approximate surface area is 228 Å². The van der Waals surface area contributed by atoms with E-state index in [9.17, 15) is 9.59 Å². The standard InChI is InChI=1S/C28H36N6O3S/c1-17(2)24-25(29-13-20-8-11-38-15-20)30-14-21(32-24)26(35)34-10-9-33(16-28(34,5)6)22-12-18(3)23(19(4)31-22)27(36)37-7/h8,11-12,14-15,17H,9-10,13,16H2,1-7H3,(H,29,30). The van der Waals surface area contributed by atoms with Crippen molar-refractivity contribution >= 4 is 34.8 Å². The largest absolute Gasteiger partial charge is 0.465 e. The van der Waals surface area contributed by atoms with Gasteiger partial charge in [-0.25, -0.2) is 19.7 Å². The van der Waals surface area contributed by atoms with Crippen LogP contribution in [0.3, 0.4) is 0 Å². The lowest BCUT2D eigenvalue weighted by Gasteiger charge is -2.47. The van der Waals surface area contributed by atoms with Gasteiger partial charge in [-0.15, -0.1) is 0 Å². The van der Waals surface area contributed by atoms with Crippen LogP contribution in [0.1, 0.15) is 77.0 Å². The smallest absolute Gasteiger partial charge is 0.339 e. The van der Waals surface area contributed by atoms with E-state index in [0.717, 1.165) is 17.1 Å². The molecule has 1 aliphatic rings. The third-order valence-electron chi connectivity index (χ3n) is 6.85. The highest BCUT2D eigenvalue weighted by Gasteiger charge is 2.38. The van der Waals surface area contributed by atoms with Crippen molar-refractivity contribution in [2.45, 2.75) is 59.5 Å².